The van der Waals surface area contributed by atoms with Crippen LogP contribution in [-0.2, 0) is 13.0 Å². The summed E-state index contributed by atoms with van der Waals surface area (Å²) in [6.45, 7) is 7.70. The molecule has 1 saturated heterocycles. The summed E-state index contributed by atoms with van der Waals surface area (Å²) in [7, 11) is 0. The zero-order valence-electron chi connectivity index (χ0n) is 14.5. The van der Waals surface area contributed by atoms with E-state index in [1.165, 1.54) is 31.5 Å². The van der Waals surface area contributed by atoms with E-state index in [1.807, 2.05) is 19.1 Å². The minimum atomic E-state index is -0.177. The van der Waals surface area contributed by atoms with Gasteiger partial charge in [-0.05, 0) is 62.0 Å². The molecule has 2 aromatic rings. The van der Waals surface area contributed by atoms with Gasteiger partial charge in [-0.1, -0.05) is 26.0 Å². The number of H-pyrrole nitrogens is 1. The number of aromatic nitrogens is 2. The van der Waals surface area contributed by atoms with Crippen LogP contribution in [0.25, 0.3) is 0 Å². The van der Waals surface area contributed by atoms with Gasteiger partial charge >= 0.3 is 0 Å². The van der Waals surface area contributed by atoms with Crippen LogP contribution in [0.5, 0.6) is 0 Å². The van der Waals surface area contributed by atoms with Crippen molar-refractivity contribution in [3.63, 3.8) is 0 Å². The fourth-order valence-corrected chi connectivity index (χ4v) is 3.03. The van der Waals surface area contributed by atoms with Crippen molar-refractivity contribution in [3.05, 3.63) is 47.3 Å². The van der Waals surface area contributed by atoms with Gasteiger partial charge < -0.3 is 5.32 Å². The summed E-state index contributed by atoms with van der Waals surface area (Å²) in [4.78, 5) is 14.7. The number of piperidine rings is 1. The van der Waals surface area contributed by atoms with Crippen molar-refractivity contribution in [1.82, 2.24) is 15.1 Å². The molecule has 2 N–H and O–H groups in total. The molecule has 0 spiro atoms. The minimum Gasteiger partial charge on any atom is -0.321 e. The van der Waals surface area contributed by atoms with E-state index in [4.69, 9.17) is 0 Å². The predicted molar refractivity (Wildman–Crippen MR) is 96.0 cm³/mol. The van der Waals surface area contributed by atoms with Gasteiger partial charge in [0.05, 0.1) is 0 Å². The van der Waals surface area contributed by atoms with Crippen molar-refractivity contribution in [2.75, 3.05) is 18.4 Å². The van der Waals surface area contributed by atoms with Crippen molar-refractivity contribution in [2.24, 2.45) is 5.92 Å². The van der Waals surface area contributed by atoms with Crippen LogP contribution in [0.4, 0.5) is 5.69 Å². The van der Waals surface area contributed by atoms with Crippen molar-refractivity contribution < 1.29 is 4.79 Å². The van der Waals surface area contributed by atoms with E-state index in [0.29, 0.717) is 5.69 Å². The van der Waals surface area contributed by atoms with Crippen molar-refractivity contribution >= 4 is 11.6 Å². The minimum absolute atomic E-state index is 0.177. The molecule has 1 fully saturated rings. The van der Waals surface area contributed by atoms with Gasteiger partial charge in [0.15, 0.2) is 5.69 Å². The Morgan fingerprint density at radius 1 is 1.29 bits per heavy atom. The Bertz CT molecular complexity index is 669. The summed E-state index contributed by atoms with van der Waals surface area (Å²) in [5, 5.41) is 9.80. The molecule has 0 atom stereocenters. The maximum atomic E-state index is 12.2. The molecular weight excluding hydrogens is 300 g/mol. The zero-order chi connectivity index (χ0) is 16.9. The Hall–Kier alpha value is -2.14. The highest BCUT2D eigenvalue weighted by Crippen LogP contribution is 2.19. The number of aryl methyl sites for hydroxylation is 1. The van der Waals surface area contributed by atoms with Crippen molar-refractivity contribution in [3.8, 4) is 0 Å². The molecule has 128 valence electrons. The first-order chi connectivity index (χ1) is 11.6. The van der Waals surface area contributed by atoms with Gasteiger partial charge in [-0.25, -0.2) is 0 Å². The Morgan fingerprint density at radius 3 is 2.62 bits per heavy atom. The summed E-state index contributed by atoms with van der Waals surface area (Å²) in [5.74, 6) is 0.679. The molecule has 0 bridgehead atoms. The smallest absolute Gasteiger partial charge is 0.276 e. The molecule has 24 heavy (non-hydrogen) atoms. The van der Waals surface area contributed by atoms with Crippen molar-refractivity contribution in [1.29, 1.82) is 0 Å². The van der Waals surface area contributed by atoms with E-state index in [0.717, 1.165) is 30.3 Å². The summed E-state index contributed by atoms with van der Waals surface area (Å²) >= 11 is 0. The summed E-state index contributed by atoms with van der Waals surface area (Å²) in [5.41, 5.74) is 3.48. The van der Waals surface area contributed by atoms with Gasteiger partial charge in [0.25, 0.3) is 5.91 Å². The number of rotatable bonds is 5. The molecule has 0 unspecified atom stereocenters. The lowest BCUT2D eigenvalue weighted by Crippen LogP contribution is -2.32. The number of hydrogen-bond acceptors (Lipinski definition) is 3. The zero-order valence-corrected chi connectivity index (χ0v) is 14.5. The van der Waals surface area contributed by atoms with E-state index in [2.05, 4.69) is 39.5 Å². The molecule has 5 nitrogen and oxygen atoms in total. The topological polar surface area (TPSA) is 61.0 Å². The average molecular weight is 326 g/mol. The summed E-state index contributed by atoms with van der Waals surface area (Å²) in [6.07, 6.45) is 3.42. The van der Waals surface area contributed by atoms with Gasteiger partial charge in [0.2, 0.25) is 0 Å². The van der Waals surface area contributed by atoms with Crippen LogP contribution in [0.2, 0.25) is 0 Å². The van der Waals surface area contributed by atoms with Crippen LogP contribution >= 0.6 is 0 Å². The SMILES string of the molecule is CCc1cc(C(=O)Nc2ccc(CN3CCC(C)CC3)cc2)n[nH]1. The third-order valence-corrected chi connectivity index (χ3v) is 4.74. The first-order valence-electron chi connectivity index (χ1n) is 8.81. The lowest BCUT2D eigenvalue weighted by Gasteiger charge is -2.30. The Kier molecular flexibility index (Phi) is 5.30. The number of amides is 1. The van der Waals surface area contributed by atoms with Crippen LogP contribution in [-0.4, -0.2) is 34.1 Å². The molecule has 1 aromatic carbocycles. The largest absolute Gasteiger partial charge is 0.321 e. The first-order valence-corrected chi connectivity index (χ1v) is 8.81. The van der Waals surface area contributed by atoms with Crippen LogP contribution in [0, 0.1) is 5.92 Å². The number of hydrogen-bond donors (Lipinski definition) is 2. The first kappa shape index (κ1) is 16.7. The highest BCUT2D eigenvalue weighted by atomic mass is 16.1. The second-order valence-corrected chi connectivity index (χ2v) is 6.74. The number of likely N-dealkylation sites (tertiary alicyclic amines) is 1. The average Bonchev–Trinajstić information content (AvgIpc) is 3.08. The predicted octanol–water partition coefficient (Wildman–Crippen LogP) is 3.46. The highest BCUT2D eigenvalue weighted by Gasteiger charge is 2.15. The number of nitrogens with one attached hydrogen (secondary N) is 2. The normalized spacial score (nSPS) is 16.2. The van der Waals surface area contributed by atoms with Crippen LogP contribution in [0.15, 0.2) is 30.3 Å². The number of carbonyl (C=O) groups excluding carboxylic acids is 1. The third kappa shape index (κ3) is 4.23. The quantitative estimate of drug-likeness (QED) is 0.884. The molecule has 0 radical (unpaired) electrons. The molecule has 1 aliphatic heterocycles. The molecule has 1 aliphatic rings. The maximum absolute atomic E-state index is 12.2. The fraction of sp³-hybridized carbons (Fsp3) is 0.474. The van der Waals surface area contributed by atoms with Gasteiger partial charge in [-0.15, -0.1) is 0 Å². The number of carbonyl (C=O) groups is 1. The van der Waals surface area contributed by atoms with Crippen LogP contribution in [0.3, 0.4) is 0 Å². The highest BCUT2D eigenvalue weighted by molar-refractivity contribution is 6.02. The molecule has 1 aromatic heterocycles. The van der Waals surface area contributed by atoms with Gasteiger partial charge in [-0.2, -0.15) is 5.10 Å². The number of benzene rings is 1. The molecule has 3 rings (SSSR count). The van der Waals surface area contributed by atoms with Gasteiger partial charge in [0, 0.05) is 17.9 Å². The van der Waals surface area contributed by atoms with E-state index in [9.17, 15) is 4.79 Å². The number of anilines is 1. The summed E-state index contributed by atoms with van der Waals surface area (Å²) < 4.78 is 0. The molecule has 2 heterocycles. The van der Waals surface area contributed by atoms with E-state index in [-0.39, 0.29) is 5.91 Å². The Balaban J connectivity index is 1.55. The maximum Gasteiger partial charge on any atom is 0.276 e. The lowest BCUT2D eigenvalue weighted by atomic mass is 9.99. The number of aromatic amines is 1. The Labute approximate surface area is 143 Å². The summed E-state index contributed by atoms with van der Waals surface area (Å²) in [6, 6.07) is 9.91. The monoisotopic (exact) mass is 326 g/mol. The molecule has 1 amide bonds. The molecule has 0 saturated carbocycles. The van der Waals surface area contributed by atoms with E-state index in [1.54, 1.807) is 6.07 Å². The molecular formula is C19H26N4O. The van der Waals surface area contributed by atoms with Crippen LogP contribution < -0.4 is 5.32 Å². The fourth-order valence-electron chi connectivity index (χ4n) is 3.03. The second-order valence-electron chi connectivity index (χ2n) is 6.74. The molecule has 0 aliphatic carbocycles. The lowest BCUT2D eigenvalue weighted by molar-refractivity contribution is 0.102. The van der Waals surface area contributed by atoms with Gasteiger partial charge in [0.1, 0.15) is 0 Å². The van der Waals surface area contributed by atoms with Gasteiger partial charge in [-0.3, -0.25) is 14.8 Å². The van der Waals surface area contributed by atoms with Crippen molar-refractivity contribution in [2.45, 2.75) is 39.7 Å². The van der Waals surface area contributed by atoms with E-state index < -0.39 is 0 Å². The number of nitrogens with zero attached hydrogens (tertiary/aromatic N) is 2. The van der Waals surface area contributed by atoms with Crippen LogP contribution in [0.1, 0.15) is 48.4 Å². The third-order valence-electron chi connectivity index (χ3n) is 4.74. The standard InChI is InChI=1S/C19H26N4O/c1-3-16-12-18(22-21-16)19(24)20-17-6-4-15(5-7-17)13-23-10-8-14(2)9-11-23/h4-7,12,14H,3,8-11,13H2,1-2H3,(H,20,24)(H,21,22). The Morgan fingerprint density at radius 2 is 2.00 bits per heavy atom. The molecule has 5 heteroatoms. The van der Waals surface area contributed by atoms with E-state index >= 15 is 0 Å². The second kappa shape index (κ2) is 7.62.